The smallest absolute Gasteiger partial charge is 0.295 e. The van der Waals surface area contributed by atoms with Gasteiger partial charge >= 0.3 is 0 Å². The van der Waals surface area contributed by atoms with Crippen LogP contribution < -0.4 is 9.47 Å². The van der Waals surface area contributed by atoms with Crippen molar-refractivity contribution in [1.82, 2.24) is 14.5 Å². The van der Waals surface area contributed by atoms with Crippen LogP contribution in [-0.4, -0.2) is 55.9 Å². The van der Waals surface area contributed by atoms with Crippen LogP contribution in [0.15, 0.2) is 66.8 Å². The van der Waals surface area contributed by atoms with Gasteiger partial charge in [-0.05, 0) is 30.2 Å². The molecular formula is C25H22N4O7. The van der Waals surface area contributed by atoms with Crippen molar-refractivity contribution in [2.24, 2.45) is 0 Å². The number of benzene rings is 2. The fourth-order valence-electron chi connectivity index (χ4n) is 4.45. The lowest BCUT2D eigenvalue weighted by Crippen LogP contribution is -2.31. The van der Waals surface area contributed by atoms with Gasteiger partial charge < -0.3 is 24.0 Å². The average molecular weight is 490 g/mol. The molecule has 0 saturated carbocycles. The molecule has 3 aromatic rings. The van der Waals surface area contributed by atoms with E-state index in [-0.39, 0.29) is 29.1 Å². The van der Waals surface area contributed by atoms with Crippen molar-refractivity contribution in [3.63, 3.8) is 0 Å². The third-order valence-corrected chi connectivity index (χ3v) is 6.13. The Hall–Kier alpha value is -4.67. The van der Waals surface area contributed by atoms with Crippen molar-refractivity contribution in [2.45, 2.75) is 19.0 Å². The van der Waals surface area contributed by atoms with Crippen LogP contribution in [0.4, 0.5) is 5.69 Å². The van der Waals surface area contributed by atoms with Gasteiger partial charge in [-0.3, -0.25) is 19.7 Å². The number of hydrogen-bond donors (Lipinski definition) is 1. The SMILES string of the molecule is O=C1C(=O)N(CCCn2ccnc2)C(c2cccc([N+](=O)[O-])c2)C1=C(O)c1ccc2c(c1)OCCO2. The molecule has 1 N–H and O–H groups in total. The van der Waals surface area contributed by atoms with Gasteiger partial charge in [0, 0.05) is 43.2 Å². The predicted octanol–water partition coefficient (Wildman–Crippen LogP) is 3.07. The fourth-order valence-corrected chi connectivity index (χ4v) is 4.45. The van der Waals surface area contributed by atoms with Crippen molar-refractivity contribution in [3.05, 3.63) is 88.0 Å². The summed E-state index contributed by atoms with van der Waals surface area (Å²) in [5, 5.41) is 22.7. The summed E-state index contributed by atoms with van der Waals surface area (Å²) in [4.78, 5) is 42.5. The first-order chi connectivity index (χ1) is 17.4. The first kappa shape index (κ1) is 23.1. The van der Waals surface area contributed by atoms with E-state index in [1.54, 1.807) is 43.0 Å². The van der Waals surface area contributed by atoms with E-state index in [0.29, 0.717) is 43.2 Å². The molecule has 2 aromatic carbocycles. The maximum atomic E-state index is 13.2. The van der Waals surface area contributed by atoms with E-state index in [4.69, 9.17) is 9.47 Å². The van der Waals surface area contributed by atoms with E-state index >= 15 is 0 Å². The van der Waals surface area contributed by atoms with E-state index in [9.17, 15) is 24.8 Å². The van der Waals surface area contributed by atoms with Crippen LogP contribution in [0.3, 0.4) is 0 Å². The molecule has 1 amide bonds. The summed E-state index contributed by atoms with van der Waals surface area (Å²) in [6, 6.07) is 9.47. The molecule has 36 heavy (non-hydrogen) atoms. The molecule has 2 aliphatic rings. The number of ketones is 1. The predicted molar refractivity (Wildman–Crippen MR) is 126 cm³/mol. The van der Waals surface area contributed by atoms with Crippen LogP contribution in [0, 0.1) is 10.1 Å². The zero-order valence-electron chi connectivity index (χ0n) is 19.1. The quantitative estimate of drug-likeness (QED) is 0.175. The topological polar surface area (TPSA) is 137 Å². The lowest BCUT2D eigenvalue weighted by atomic mass is 9.94. The molecule has 1 aromatic heterocycles. The Morgan fingerprint density at radius 3 is 2.67 bits per heavy atom. The summed E-state index contributed by atoms with van der Waals surface area (Å²) in [5.41, 5.74) is 0.298. The number of ether oxygens (including phenoxy) is 2. The number of aryl methyl sites for hydroxylation is 1. The van der Waals surface area contributed by atoms with Crippen LogP contribution in [-0.2, 0) is 16.1 Å². The second kappa shape index (κ2) is 9.53. The maximum Gasteiger partial charge on any atom is 0.295 e. The van der Waals surface area contributed by atoms with Gasteiger partial charge in [-0.15, -0.1) is 0 Å². The first-order valence-corrected chi connectivity index (χ1v) is 11.3. The number of imidazole rings is 1. The number of aromatic nitrogens is 2. The standard InChI is InChI=1S/C25H22N4O7/c30-23(17-5-6-19-20(14-17)36-12-11-35-19)21-22(16-3-1-4-18(13-16)29(33)34)28(25(32)24(21)31)9-2-8-27-10-7-26-15-27/h1,3-7,10,13-15,22,30H,2,8-9,11-12H2. The normalized spacial score (nSPS) is 18.4. The molecular weight excluding hydrogens is 468 g/mol. The second-order valence-corrected chi connectivity index (χ2v) is 8.36. The number of aliphatic hydroxyl groups excluding tert-OH is 1. The van der Waals surface area contributed by atoms with Crippen molar-refractivity contribution < 1.29 is 29.1 Å². The Labute approximate surface area is 205 Å². The molecule has 11 heteroatoms. The molecule has 1 atom stereocenters. The molecule has 3 heterocycles. The third kappa shape index (κ3) is 4.26. The van der Waals surface area contributed by atoms with Gasteiger partial charge in [0.05, 0.1) is 22.9 Å². The van der Waals surface area contributed by atoms with Crippen molar-refractivity contribution in [3.8, 4) is 11.5 Å². The molecule has 184 valence electrons. The van der Waals surface area contributed by atoms with Crippen LogP contribution in [0.5, 0.6) is 11.5 Å². The zero-order valence-corrected chi connectivity index (χ0v) is 19.1. The average Bonchev–Trinajstić information content (AvgIpc) is 3.50. The number of non-ortho nitro benzene ring substituents is 1. The highest BCUT2D eigenvalue weighted by Gasteiger charge is 2.46. The van der Waals surface area contributed by atoms with Gasteiger partial charge in [-0.1, -0.05) is 12.1 Å². The van der Waals surface area contributed by atoms with Crippen LogP contribution in [0.1, 0.15) is 23.6 Å². The maximum absolute atomic E-state index is 13.2. The summed E-state index contributed by atoms with van der Waals surface area (Å²) in [7, 11) is 0. The summed E-state index contributed by atoms with van der Waals surface area (Å²) >= 11 is 0. The monoisotopic (exact) mass is 490 g/mol. The van der Waals surface area contributed by atoms with E-state index < -0.39 is 22.7 Å². The molecule has 0 radical (unpaired) electrons. The van der Waals surface area contributed by atoms with E-state index in [1.165, 1.54) is 23.1 Å². The summed E-state index contributed by atoms with van der Waals surface area (Å²) in [5.74, 6) is -1.11. The van der Waals surface area contributed by atoms with Crippen molar-refractivity contribution in [1.29, 1.82) is 0 Å². The minimum absolute atomic E-state index is 0.139. The highest BCUT2D eigenvalue weighted by atomic mass is 16.6. The highest BCUT2D eigenvalue weighted by molar-refractivity contribution is 6.46. The molecule has 0 spiro atoms. The van der Waals surface area contributed by atoms with Crippen molar-refractivity contribution >= 4 is 23.1 Å². The number of carbonyl (C=O) groups excluding carboxylic acids is 2. The first-order valence-electron chi connectivity index (χ1n) is 11.3. The van der Waals surface area contributed by atoms with E-state index in [0.717, 1.165) is 0 Å². The summed E-state index contributed by atoms with van der Waals surface area (Å²) < 4.78 is 12.9. The molecule has 2 aliphatic heterocycles. The molecule has 1 saturated heterocycles. The van der Waals surface area contributed by atoms with E-state index in [2.05, 4.69) is 4.98 Å². The number of nitrogens with zero attached hydrogens (tertiary/aromatic N) is 4. The number of rotatable bonds is 7. The van der Waals surface area contributed by atoms with Crippen LogP contribution >= 0.6 is 0 Å². The van der Waals surface area contributed by atoms with Crippen LogP contribution in [0.25, 0.3) is 5.76 Å². The zero-order chi connectivity index (χ0) is 25.2. The largest absolute Gasteiger partial charge is 0.507 e. The number of fused-ring (bicyclic) bond motifs is 1. The Morgan fingerprint density at radius 1 is 1.11 bits per heavy atom. The lowest BCUT2D eigenvalue weighted by Gasteiger charge is -2.25. The van der Waals surface area contributed by atoms with Crippen LogP contribution in [0.2, 0.25) is 0 Å². The summed E-state index contributed by atoms with van der Waals surface area (Å²) in [6.07, 6.45) is 5.57. The fraction of sp³-hybridized carbons (Fsp3) is 0.240. The molecule has 5 rings (SSSR count). The number of likely N-dealkylation sites (tertiary alicyclic amines) is 1. The molecule has 1 unspecified atom stereocenters. The van der Waals surface area contributed by atoms with Gasteiger partial charge in [-0.25, -0.2) is 4.98 Å². The molecule has 0 bridgehead atoms. The molecule has 11 nitrogen and oxygen atoms in total. The van der Waals surface area contributed by atoms with Gasteiger partial charge in [0.1, 0.15) is 19.0 Å². The van der Waals surface area contributed by atoms with Crippen molar-refractivity contribution in [2.75, 3.05) is 19.8 Å². The molecule has 1 fully saturated rings. The minimum Gasteiger partial charge on any atom is -0.507 e. The minimum atomic E-state index is -0.999. The lowest BCUT2D eigenvalue weighted by molar-refractivity contribution is -0.384. The van der Waals surface area contributed by atoms with Gasteiger partial charge in [-0.2, -0.15) is 0 Å². The number of nitro benzene ring substituents is 1. The Balaban J connectivity index is 1.56. The Kier molecular flexibility index (Phi) is 6.11. The van der Waals surface area contributed by atoms with Gasteiger partial charge in [0.25, 0.3) is 17.4 Å². The number of amides is 1. The van der Waals surface area contributed by atoms with E-state index in [1.807, 2.05) is 4.57 Å². The molecule has 0 aliphatic carbocycles. The number of nitro groups is 1. The summed E-state index contributed by atoms with van der Waals surface area (Å²) in [6.45, 7) is 1.47. The Bertz CT molecular complexity index is 1370. The highest BCUT2D eigenvalue weighted by Crippen LogP contribution is 2.41. The second-order valence-electron chi connectivity index (χ2n) is 8.36. The third-order valence-electron chi connectivity index (χ3n) is 6.13. The van der Waals surface area contributed by atoms with Gasteiger partial charge in [0.2, 0.25) is 0 Å². The Morgan fingerprint density at radius 2 is 1.92 bits per heavy atom. The number of hydrogen-bond acceptors (Lipinski definition) is 8. The number of carbonyl (C=O) groups is 2. The number of Topliss-reactive ketones (excluding diaryl/α,β-unsaturated/α-hetero) is 1. The number of aliphatic hydroxyl groups is 1. The van der Waals surface area contributed by atoms with Gasteiger partial charge in [0.15, 0.2) is 11.5 Å².